The lowest BCUT2D eigenvalue weighted by Gasteiger charge is -2.35. The van der Waals surface area contributed by atoms with Gasteiger partial charge in [0.15, 0.2) is 11.6 Å². The molecule has 3 aromatic rings. The maximum absolute atomic E-state index is 14.0. The summed E-state index contributed by atoms with van der Waals surface area (Å²) in [5, 5.41) is 6.09. The SMILES string of the molecule is CN1C[C@@H]2C[C@H]1CN2c1ccc(Nc2nccc(-c3cnc4c(c3)OCCN4)n2)cc1C(F)(F)F. The van der Waals surface area contributed by atoms with Crippen LogP contribution in [0.3, 0.4) is 0 Å². The van der Waals surface area contributed by atoms with Gasteiger partial charge in [-0.05, 0) is 43.8 Å². The number of rotatable bonds is 4. The minimum atomic E-state index is -4.48. The summed E-state index contributed by atoms with van der Waals surface area (Å²) < 4.78 is 47.8. The molecule has 0 saturated carbocycles. The summed E-state index contributed by atoms with van der Waals surface area (Å²) in [6.07, 6.45) is -0.358. The standard InChI is InChI=1S/C24H24F3N7O/c1-33-12-17-10-16(33)13-34(17)20-3-2-15(9-18(20)24(25,26)27)31-23-29-5-4-19(32-23)14-8-21-22(30-11-14)28-6-7-35-21/h2-5,8-9,11,16-17H,6-7,10,12-13H2,1H3,(H,28,30)(H,29,31,32)/t16-,17-/m0/s1. The summed E-state index contributed by atoms with van der Waals surface area (Å²) in [5.41, 5.74) is 1.15. The van der Waals surface area contributed by atoms with E-state index in [1.165, 1.54) is 0 Å². The van der Waals surface area contributed by atoms with Gasteiger partial charge in [-0.3, -0.25) is 4.90 Å². The molecule has 2 fully saturated rings. The Bertz CT molecular complexity index is 1270. The predicted octanol–water partition coefficient (Wildman–Crippen LogP) is 4.00. The van der Waals surface area contributed by atoms with E-state index in [2.05, 4.69) is 30.5 Å². The fraction of sp³-hybridized carbons (Fsp3) is 0.375. The fourth-order valence-corrected chi connectivity index (χ4v) is 5.12. The lowest BCUT2D eigenvalue weighted by molar-refractivity contribution is -0.137. The minimum absolute atomic E-state index is 0.106. The molecule has 3 aliphatic rings. The second-order valence-corrected chi connectivity index (χ2v) is 9.10. The molecule has 2 bridgehead atoms. The van der Waals surface area contributed by atoms with E-state index in [1.807, 2.05) is 18.0 Å². The number of ether oxygens (including phenoxy) is 1. The molecule has 182 valence electrons. The van der Waals surface area contributed by atoms with Gasteiger partial charge in [-0.25, -0.2) is 15.0 Å². The van der Waals surface area contributed by atoms with Crippen LogP contribution in [0.2, 0.25) is 0 Å². The Morgan fingerprint density at radius 3 is 2.77 bits per heavy atom. The highest BCUT2D eigenvalue weighted by atomic mass is 19.4. The Morgan fingerprint density at radius 2 is 2.00 bits per heavy atom. The molecular formula is C24H24F3N7O. The van der Waals surface area contributed by atoms with Crippen LogP contribution in [0.5, 0.6) is 5.75 Å². The summed E-state index contributed by atoms with van der Waals surface area (Å²) in [6, 6.07) is 8.29. The number of likely N-dealkylation sites (tertiary alicyclic amines) is 1. The highest BCUT2D eigenvalue weighted by Crippen LogP contribution is 2.43. The smallest absolute Gasteiger partial charge is 0.418 e. The second kappa shape index (κ2) is 8.26. The van der Waals surface area contributed by atoms with E-state index in [1.54, 1.807) is 30.6 Å². The van der Waals surface area contributed by atoms with Crippen molar-refractivity contribution in [2.45, 2.75) is 24.7 Å². The first-order valence-electron chi connectivity index (χ1n) is 11.5. The van der Waals surface area contributed by atoms with E-state index in [4.69, 9.17) is 4.74 Å². The third kappa shape index (κ3) is 4.09. The topological polar surface area (TPSA) is 78.4 Å². The number of nitrogens with zero attached hydrogens (tertiary/aromatic N) is 5. The highest BCUT2D eigenvalue weighted by molar-refractivity contribution is 5.68. The fourth-order valence-electron chi connectivity index (χ4n) is 5.12. The first-order valence-corrected chi connectivity index (χ1v) is 11.5. The largest absolute Gasteiger partial charge is 0.488 e. The Morgan fingerprint density at radius 1 is 1.11 bits per heavy atom. The number of aromatic nitrogens is 3. The first-order chi connectivity index (χ1) is 16.8. The molecule has 2 atom stereocenters. The monoisotopic (exact) mass is 483 g/mol. The van der Waals surface area contributed by atoms with Gasteiger partial charge in [-0.15, -0.1) is 0 Å². The molecular weight excluding hydrogens is 459 g/mol. The van der Waals surface area contributed by atoms with Crippen molar-refractivity contribution in [1.29, 1.82) is 0 Å². The second-order valence-electron chi connectivity index (χ2n) is 9.10. The van der Waals surface area contributed by atoms with Crippen LogP contribution in [0.4, 0.5) is 36.3 Å². The van der Waals surface area contributed by atoms with Crippen LogP contribution in [0, 0.1) is 0 Å². The molecule has 3 aliphatic heterocycles. The summed E-state index contributed by atoms with van der Waals surface area (Å²) >= 11 is 0. The van der Waals surface area contributed by atoms with Crippen molar-refractivity contribution in [3.8, 4) is 17.0 Å². The number of alkyl halides is 3. The lowest BCUT2D eigenvalue weighted by atomic mass is 10.1. The van der Waals surface area contributed by atoms with Gasteiger partial charge in [0.2, 0.25) is 5.95 Å². The van der Waals surface area contributed by atoms with Crippen molar-refractivity contribution in [3.63, 3.8) is 0 Å². The van der Waals surface area contributed by atoms with Crippen LogP contribution in [0.1, 0.15) is 12.0 Å². The molecule has 0 radical (unpaired) electrons. The zero-order chi connectivity index (χ0) is 24.2. The first kappa shape index (κ1) is 21.9. The number of likely N-dealkylation sites (N-methyl/N-ethyl adjacent to an activating group) is 1. The van der Waals surface area contributed by atoms with Gasteiger partial charge in [0.1, 0.15) is 6.61 Å². The molecule has 0 unspecified atom stereocenters. The molecule has 2 saturated heterocycles. The van der Waals surface area contributed by atoms with Crippen molar-refractivity contribution in [2.75, 3.05) is 48.8 Å². The normalized spacial score (nSPS) is 21.4. The Labute approximate surface area is 200 Å². The predicted molar refractivity (Wildman–Crippen MR) is 126 cm³/mol. The minimum Gasteiger partial charge on any atom is -0.488 e. The Balaban J connectivity index is 1.27. The van der Waals surface area contributed by atoms with Crippen LogP contribution >= 0.6 is 0 Å². The van der Waals surface area contributed by atoms with Crippen LogP contribution in [0.25, 0.3) is 11.3 Å². The quantitative estimate of drug-likeness (QED) is 0.577. The van der Waals surface area contributed by atoms with Gasteiger partial charge in [-0.2, -0.15) is 13.2 Å². The number of pyridine rings is 1. The van der Waals surface area contributed by atoms with Crippen molar-refractivity contribution >= 4 is 23.1 Å². The zero-order valence-electron chi connectivity index (χ0n) is 19.0. The maximum atomic E-state index is 14.0. The number of anilines is 4. The van der Waals surface area contributed by atoms with Gasteiger partial charge in [0.05, 0.1) is 17.8 Å². The molecule has 0 amide bonds. The zero-order valence-corrected chi connectivity index (χ0v) is 19.0. The summed E-state index contributed by atoms with van der Waals surface area (Å²) in [6.45, 7) is 2.62. The number of fused-ring (bicyclic) bond motifs is 3. The summed E-state index contributed by atoms with van der Waals surface area (Å²) in [5.74, 6) is 1.50. The van der Waals surface area contributed by atoms with Gasteiger partial charge in [0, 0.05) is 54.5 Å². The number of piperazine rings is 1. The molecule has 2 aromatic heterocycles. The number of nitrogens with one attached hydrogen (secondary N) is 2. The van der Waals surface area contributed by atoms with E-state index in [0.717, 1.165) is 24.6 Å². The van der Waals surface area contributed by atoms with Crippen LogP contribution in [0.15, 0.2) is 42.7 Å². The van der Waals surface area contributed by atoms with Crippen LogP contribution in [-0.2, 0) is 6.18 Å². The number of hydrogen-bond acceptors (Lipinski definition) is 8. The lowest BCUT2D eigenvalue weighted by Crippen LogP contribution is -2.45. The maximum Gasteiger partial charge on any atom is 0.418 e. The van der Waals surface area contributed by atoms with E-state index >= 15 is 0 Å². The summed E-state index contributed by atoms with van der Waals surface area (Å²) in [7, 11) is 2.03. The molecule has 0 aliphatic carbocycles. The molecule has 1 aromatic carbocycles. The van der Waals surface area contributed by atoms with E-state index < -0.39 is 11.7 Å². The molecule has 35 heavy (non-hydrogen) atoms. The van der Waals surface area contributed by atoms with Crippen molar-refractivity contribution in [1.82, 2.24) is 19.9 Å². The molecule has 8 nitrogen and oxygen atoms in total. The number of hydrogen-bond donors (Lipinski definition) is 2. The molecule has 11 heteroatoms. The van der Waals surface area contributed by atoms with Crippen molar-refractivity contribution < 1.29 is 17.9 Å². The van der Waals surface area contributed by atoms with Crippen molar-refractivity contribution in [3.05, 3.63) is 48.3 Å². The highest BCUT2D eigenvalue weighted by Gasteiger charge is 2.44. The van der Waals surface area contributed by atoms with Crippen LogP contribution < -0.4 is 20.3 Å². The Kier molecular flexibility index (Phi) is 5.17. The molecule has 2 N–H and O–H groups in total. The van der Waals surface area contributed by atoms with Gasteiger partial charge >= 0.3 is 6.18 Å². The van der Waals surface area contributed by atoms with Gasteiger partial charge in [-0.1, -0.05) is 0 Å². The van der Waals surface area contributed by atoms with E-state index in [9.17, 15) is 13.2 Å². The summed E-state index contributed by atoms with van der Waals surface area (Å²) in [4.78, 5) is 17.2. The van der Waals surface area contributed by atoms with Crippen LogP contribution in [-0.4, -0.2) is 65.2 Å². The Hall–Kier alpha value is -3.60. The van der Waals surface area contributed by atoms with Crippen molar-refractivity contribution in [2.24, 2.45) is 0 Å². The van der Waals surface area contributed by atoms with Gasteiger partial charge in [0.25, 0.3) is 0 Å². The third-order valence-electron chi connectivity index (χ3n) is 6.84. The van der Waals surface area contributed by atoms with E-state index in [0.29, 0.717) is 43.0 Å². The van der Waals surface area contributed by atoms with Gasteiger partial charge < -0.3 is 20.3 Å². The number of halogens is 3. The molecule has 6 rings (SSSR count). The average Bonchev–Trinajstić information content (AvgIpc) is 3.43. The average molecular weight is 483 g/mol. The molecule has 0 spiro atoms. The van der Waals surface area contributed by atoms with E-state index in [-0.39, 0.29) is 23.4 Å². The molecule has 5 heterocycles. The number of benzene rings is 1. The third-order valence-corrected chi connectivity index (χ3v) is 6.84.